The highest BCUT2D eigenvalue weighted by atomic mass is 16.5. The highest BCUT2D eigenvalue weighted by Gasteiger charge is 2.17. The van der Waals surface area contributed by atoms with Gasteiger partial charge in [0.2, 0.25) is 0 Å². The van der Waals surface area contributed by atoms with E-state index in [0.717, 1.165) is 18.2 Å². The number of esters is 1. The predicted molar refractivity (Wildman–Crippen MR) is 90.7 cm³/mol. The van der Waals surface area contributed by atoms with Crippen LogP contribution in [0.2, 0.25) is 0 Å². The van der Waals surface area contributed by atoms with Crippen LogP contribution in [0.4, 0.5) is 0 Å². The largest absolute Gasteiger partial charge is 0.496 e. The van der Waals surface area contributed by atoms with Crippen molar-refractivity contribution in [3.63, 3.8) is 0 Å². The fourth-order valence-corrected chi connectivity index (χ4v) is 2.57. The molecule has 0 bridgehead atoms. The van der Waals surface area contributed by atoms with Crippen LogP contribution in [0.5, 0.6) is 5.75 Å². The molecule has 0 fully saturated rings. The summed E-state index contributed by atoms with van der Waals surface area (Å²) in [5.74, 6) is -0.0222. The average molecular weight is 326 g/mol. The van der Waals surface area contributed by atoms with E-state index in [4.69, 9.17) is 9.47 Å². The molecule has 0 aliphatic rings. The maximum Gasteiger partial charge on any atom is 0.345 e. The van der Waals surface area contributed by atoms with Gasteiger partial charge < -0.3 is 9.47 Å². The van der Waals surface area contributed by atoms with E-state index >= 15 is 0 Å². The van der Waals surface area contributed by atoms with E-state index in [1.807, 2.05) is 25.1 Å². The second-order valence-corrected chi connectivity index (χ2v) is 5.39. The molecule has 0 aliphatic carbocycles. The molecule has 24 heavy (non-hydrogen) atoms. The molecule has 0 amide bonds. The number of nitrogens with zero attached hydrogens (tertiary/aromatic N) is 2. The molecule has 124 valence electrons. The summed E-state index contributed by atoms with van der Waals surface area (Å²) in [5.41, 5.74) is 0.535. The van der Waals surface area contributed by atoms with Gasteiger partial charge in [-0.05, 0) is 18.6 Å². The number of aromatic nitrogens is 2. The van der Waals surface area contributed by atoms with Gasteiger partial charge in [0.25, 0.3) is 5.56 Å². The van der Waals surface area contributed by atoms with Crippen LogP contribution in [0, 0.1) is 0 Å². The zero-order valence-electron chi connectivity index (χ0n) is 13.6. The lowest BCUT2D eigenvalue weighted by Crippen LogP contribution is -2.25. The van der Waals surface area contributed by atoms with Crippen LogP contribution in [0.25, 0.3) is 16.6 Å². The highest BCUT2D eigenvalue weighted by molar-refractivity contribution is 5.91. The van der Waals surface area contributed by atoms with Gasteiger partial charge in [-0.2, -0.15) is 0 Å². The fourth-order valence-electron chi connectivity index (χ4n) is 2.57. The van der Waals surface area contributed by atoms with Crippen molar-refractivity contribution < 1.29 is 14.3 Å². The first-order valence-corrected chi connectivity index (χ1v) is 7.82. The normalized spacial score (nSPS) is 10.9. The van der Waals surface area contributed by atoms with Gasteiger partial charge in [-0.25, -0.2) is 9.78 Å². The second kappa shape index (κ2) is 6.70. The van der Waals surface area contributed by atoms with Gasteiger partial charge in [-0.1, -0.05) is 25.5 Å². The van der Waals surface area contributed by atoms with Crippen molar-refractivity contribution in [1.29, 1.82) is 0 Å². The third kappa shape index (κ3) is 2.71. The number of methoxy groups -OCH3 is 1. The minimum atomic E-state index is -0.643. The Morgan fingerprint density at radius 1 is 1.29 bits per heavy atom. The summed E-state index contributed by atoms with van der Waals surface area (Å²) in [5, 5.41) is 0.771. The summed E-state index contributed by atoms with van der Waals surface area (Å²) in [6.07, 6.45) is 2.93. The van der Waals surface area contributed by atoms with Crippen LogP contribution < -0.4 is 10.3 Å². The number of hydrogen-bond donors (Lipinski definition) is 0. The Kier molecular flexibility index (Phi) is 4.46. The maximum atomic E-state index is 12.8. The Hall–Kier alpha value is -2.89. The number of carbonyl (C=O) groups excluding carboxylic acids is 1. The first kappa shape index (κ1) is 16.0. The zero-order chi connectivity index (χ0) is 17.1. The third-order valence-electron chi connectivity index (χ3n) is 3.83. The molecule has 0 N–H and O–H groups in total. The number of carbonyl (C=O) groups is 1. The SMILES string of the molecule is CCCCOC(=O)c1cnc2cc(OC)c3ccccc3n2c1=O. The third-order valence-corrected chi connectivity index (χ3v) is 3.83. The molecule has 3 rings (SSSR count). The lowest BCUT2D eigenvalue weighted by atomic mass is 10.2. The molecule has 2 aromatic heterocycles. The molecule has 0 unspecified atom stereocenters. The number of rotatable bonds is 5. The molecular weight excluding hydrogens is 308 g/mol. The highest BCUT2D eigenvalue weighted by Crippen LogP contribution is 2.26. The fraction of sp³-hybridized carbons (Fsp3) is 0.278. The number of hydrogen-bond acceptors (Lipinski definition) is 5. The summed E-state index contributed by atoms with van der Waals surface area (Å²) in [6.45, 7) is 2.29. The van der Waals surface area contributed by atoms with E-state index in [1.54, 1.807) is 19.2 Å². The topological polar surface area (TPSA) is 69.9 Å². The van der Waals surface area contributed by atoms with Gasteiger partial charge in [0.05, 0.1) is 19.2 Å². The quantitative estimate of drug-likeness (QED) is 0.410. The summed E-state index contributed by atoms with van der Waals surface area (Å²) in [4.78, 5) is 29.2. The monoisotopic (exact) mass is 326 g/mol. The van der Waals surface area contributed by atoms with Gasteiger partial charge in [0, 0.05) is 17.6 Å². The standard InChI is InChI=1S/C18H18N2O4/c1-3-4-9-24-18(22)13-11-19-16-10-15(23-2)12-7-5-6-8-14(12)20(16)17(13)21/h5-8,10-11H,3-4,9H2,1-2H3. The molecule has 0 radical (unpaired) electrons. The maximum absolute atomic E-state index is 12.8. The molecule has 2 heterocycles. The average Bonchev–Trinajstić information content (AvgIpc) is 2.61. The van der Waals surface area contributed by atoms with Gasteiger partial charge in [0.15, 0.2) is 0 Å². The predicted octanol–water partition coefficient (Wildman–Crippen LogP) is 2.81. The van der Waals surface area contributed by atoms with Crippen molar-refractivity contribution >= 4 is 22.5 Å². The second-order valence-electron chi connectivity index (χ2n) is 5.39. The summed E-state index contributed by atoms with van der Waals surface area (Å²) in [6, 6.07) is 9.00. The lowest BCUT2D eigenvalue weighted by Gasteiger charge is -2.11. The number of ether oxygens (including phenoxy) is 2. The van der Waals surface area contributed by atoms with Crippen LogP contribution in [-0.4, -0.2) is 29.1 Å². The van der Waals surface area contributed by atoms with Crippen LogP contribution in [0.15, 0.2) is 41.3 Å². The van der Waals surface area contributed by atoms with Gasteiger partial charge in [0.1, 0.15) is 17.0 Å². The molecule has 0 saturated carbocycles. The van der Waals surface area contributed by atoms with E-state index in [1.165, 1.54) is 10.6 Å². The molecule has 6 nitrogen and oxygen atoms in total. The number of para-hydroxylation sites is 1. The number of benzene rings is 1. The van der Waals surface area contributed by atoms with Crippen molar-refractivity contribution in [2.75, 3.05) is 13.7 Å². The van der Waals surface area contributed by atoms with E-state index in [9.17, 15) is 9.59 Å². The van der Waals surface area contributed by atoms with Crippen molar-refractivity contribution in [3.05, 3.63) is 52.4 Å². The smallest absolute Gasteiger partial charge is 0.345 e. The molecule has 6 heteroatoms. The Morgan fingerprint density at radius 2 is 2.08 bits per heavy atom. The zero-order valence-corrected chi connectivity index (χ0v) is 13.6. The van der Waals surface area contributed by atoms with E-state index < -0.39 is 11.5 Å². The minimum Gasteiger partial charge on any atom is -0.496 e. The first-order valence-electron chi connectivity index (χ1n) is 7.82. The van der Waals surface area contributed by atoms with Gasteiger partial charge >= 0.3 is 5.97 Å². The van der Waals surface area contributed by atoms with Gasteiger partial charge in [-0.3, -0.25) is 9.20 Å². The summed E-state index contributed by atoms with van der Waals surface area (Å²) in [7, 11) is 1.57. The lowest BCUT2D eigenvalue weighted by molar-refractivity contribution is 0.0497. The number of fused-ring (bicyclic) bond motifs is 3. The Bertz CT molecular complexity index is 962. The number of pyridine rings is 1. The number of unbranched alkanes of at least 4 members (excludes halogenated alkanes) is 1. The molecule has 0 aliphatic heterocycles. The Labute approximate surface area is 138 Å². The van der Waals surface area contributed by atoms with E-state index in [-0.39, 0.29) is 5.56 Å². The Morgan fingerprint density at radius 3 is 2.83 bits per heavy atom. The first-order chi connectivity index (χ1) is 11.7. The summed E-state index contributed by atoms with van der Waals surface area (Å²) < 4.78 is 11.9. The molecule has 0 atom stereocenters. The summed E-state index contributed by atoms with van der Waals surface area (Å²) >= 11 is 0. The van der Waals surface area contributed by atoms with Crippen LogP contribution in [0.3, 0.4) is 0 Å². The minimum absolute atomic E-state index is 0.0704. The molecule has 1 aromatic carbocycles. The Balaban J connectivity index is 2.20. The molecule has 0 spiro atoms. The van der Waals surface area contributed by atoms with Crippen LogP contribution in [-0.2, 0) is 4.74 Å². The van der Waals surface area contributed by atoms with Gasteiger partial charge in [-0.15, -0.1) is 0 Å². The van der Waals surface area contributed by atoms with Crippen molar-refractivity contribution in [3.8, 4) is 5.75 Å². The van der Waals surface area contributed by atoms with Crippen LogP contribution >= 0.6 is 0 Å². The molecular formula is C18H18N2O4. The van der Waals surface area contributed by atoms with E-state index in [0.29, 0.717) is 23.5 Å². The van der Waals surface area contributed by atoms with E-state index in [2.05, 4.69) is 4.98 Å². The van der Waals surface area contributed by atoms with Crippen molar-refractivity contribution in [1.82, 2.24) is 9.38 Å². The van der Waals surface area contributed by atoms with Crippen LogP contribution in [0.1, 0.15) is 30.1 Å². The molecule has 3 aromatic rings. The van der Waals surface area contributed by atoms with Crippen molar-refractivity contribution in [2.24, 2.45) is 0 Å². The van der Waals surface area contributed by atoms with Crippen molar-refractivity contribution in [2.45, 2.75) is 19.8 Å². The molecule has 0 saturated heterocycles.